The van der Waals surface area contributed by atoms with E-state index in [1.165, 1.54) is 23.5 Å². The van der Waals surface area contributed by atoms with Crippen LogP contribution < -0.4 is 15.4 Å². The average molecular weight is 541 g/mol. The fraction of sp³-hybridized carbons (Fsp3) is 0.370. The molecule has 200 valence electrons. The zero-order valence-corrected chi connectivity index (χ0v) is 21.8. The van der Waals surface area contributed by atoms with Gasteiger partial charge >= 0.3 is 6.03 Å². The van der Waals surface area contributed by atoms with Crippen LogP contribution in [0.25, 0.3) is 15.8 Å². The number of nitrogens with one attached hydrogen (secondary N) is 2. The maximum absolute atomic E-state index is 14.8. The van der Waals surface area contributed by atoms with Crippen molar-refractivity contribution in [3.63, 3.8) is 0 Å². The molecule has 3 heterocycles. The highest BCUT2D eigenvalue weighted by molar-refractivity contribution is 7.20. The minimum Gasteiger partial charge on any atom is -0.453 e. The molecule has 0 radical (unpaired) electrons. The molecule has 0 atom stereocenters. The Labute approximate surface area is 223 Å². The monoisotopic (exact) mass is 540 g/mol. The molecule has 1 aliphatic carbocycles. The van der Waals surface area contributed by atoms with Gasteiger partial charge in [0.1, 0.15) is 12.4 Å². The van der Waals surface area contributed by atoms with Crippen LogP contribution in [0, 0.1) is 5.82 Å². The van der Waals surface area contributed by atoms with Gasteiger partial charge < -0.3 is 29.7 Å². The molecule has 5 rings (SSSR count). The number of aromatic nitrogens is 1. The van der Waals surface area contributed by atoms with Crippen LogP contribution >= 0.6 is 11.3 Å². The molecule has 1 fully saturated rings. The molecule has 0 spiro atoms. The molecule has 3 aromatic rings. The molecule has 2 N–H and O–H groups in total. The summed E-state index contributed by atoms with van der Waals surface area (Å²) >= 11 is 1.52. The SMILES string of the molecule is COCCOCC(=O)N1CC=C(c2cc3nccc(Oc4ccc(NC(=O)NC5CC5)cc4F)c3s2)CC1. The first-order valence-electron chi connectivity index (χ1n) is 12.5. The number of halogens is 1. The van der Waals surface area contributed by atoms with Crippen molar-refractivity contribution in [2.24, 2.45) is 0 Å². The van der Waals surface area contributed by atoms with Gasteiger partial charge in [0.25, 0.3) is 0 Å². The maximum atomic E-state index is 14.8. The van der Waals surface area contributed by atoms with Crippen molar-refractivity contribution in [1.29, 1.82) is 0 Å². The molecule has 0 saturated heterocycles. The van der Waals surface area contributed by atoms with Gasteiger partial charge in [0.2, 0.25) is 5.91 Å². The Bertz CT molecular complexity index is 1360. The van der Waals surface area contributed by atoms with Crippen molar-refractivity contribution in [2.75, 3.05) is 45.3 Å². The number of methoxy groups -OCH3 is 1. The number of hydrogen-bond donors (Lipinski definition) is 2. The molecule has 1 aliphatic heterocycles. The van der Waals surface area contributed by atoms with Crippen LogP contribution in [-0.4, -0.2) is 67.9 Å². The van der Waals surface area contributed by atoms with Crippen molar-refractivity contribution < 1.29 is 28.2 Å². The van der Waals surface area contributed by atoms with Crippen LogP contribution in [0.15, 0.2) is 42.6 Å². The average Bonchev–Trinajstić information content (AvgIpc) is 3.61. The summed E-state index contributed by atoms with van der Waals surface area (Å²) in [6.07, 6.45) is 6.33. The predicted molar refractivity (Wildman–Crippen MR) is 143 cm³/mol. The highest BCUT2D eigenvalue weighted by Gasteiger charge is 2.23. The van der Waals surface area contributed by atoms with Crippen molar-refractivity contribution in [2.45, 2.75) is 25.3 Å². The molecule has 3 amide bonds. The van der Waals surface area contributed by atoms with Gasteiger partial charge in [-0.15, -0.1) is 11.3 Å². The first-order chi connectivity index (χ1) is 18.5. The smallest absolute Gasteiger partial charge is 0.319 e. The third-order valence-corrected chi connectivity index (χ3v) is 7.45. The minimum atomic E-state index is -0.582. The van der Waals surface area contributed by atoms with E-state index in [4.69, 9.17) is 14.2 Å². The summed E-state index contributed by atoms with van der Waals surface area (Å²) in [4.78, 5) is 31.6. The van der Waals surface area contributed by atoms with E-state index in [1.807, 2.05) is 12.1 Å². The molecule has 1 aromatic carbocycles. The summed E-state index contributed by atoms with van der Waals surface area (Å²) in [6, 6.07) is 7.90. The molecular weight excluding hydrogens is 511 g/mol. The Hall–Kier alpha value is -3.54. The van der Waals surface area contributed by atoms with Crippen LogP contribution in [0.1, 0.15) is 24.1 Å². The predicted octanol–water partition coefficient (Wildman–Crippen LogP) is 4.79. The van der Waals surface area contributed by atoms with E-state index in [2.05, 4.69) is 15.6 Å². The summed E-state index contributed by atoms with van der Waals surface area (Å²) in [7, 11) is 1.59. The number of amides is 3. The molecule has 11 heteroatoms. The summed E-state index contributed by atoms with van der Waals surface area (Å²) in [5.41, 5.74) is 2.24. The van der Waals surface area contributed by atoms with E-state index < -0.39 is 5.82 Å². The van der Waals surface area contributed by atoms with Crippen LogP contribution in [0.3, 0.4) is 0 Å². The summed E-state index contributed by atoms with van der Waals surface area (Å²) < 4.78 is 31.8. The number of urea groups is 1. The lowest BCUT2D eigenvalue weighted by Gasteiger charge is -2.26. The van der Waals surface area contributed by atoms with E-state index >= 15 is 0 Å². The normalized spacial score (nSPS) is 15.3. The lowest BCUT2D eigenvalue weighted by Crippen LogP contribution is -2.37. The van der Waals surface area contributed by atoms with Crippen LogP contribution in [0.4, 0.5) is 14.9 Å². The lowest BCUT2D eigenvalue weighted by molar-refractivity contribution is -0.136. The Kier molecular flexibility index (Phi) is 8.16. The molecular formula is C27H29FN4O5S. The number of pyridine rings is 1. The first kappa shape index (κ1) is 26.1. The van der Waals surface area contributed by atoms with Crippen LogP contribution in [0.2, 0.25) is 0 Å². The third kappa shape index (κ3) is 6.47. The number of ether oxygens (including phenoxy) is 3. The highest BCUT2D eigenvalue weighted by atomic mass is 32.1. The first-order valence-corrected chi connectivity index (χ1v) is 13.3. The highest BCUT2D eigenvalue weighted by Crippen LogP contribution is 2.39. The Morgan fingerprint density at radius 2 is 2.05 bits per heavy atom. The zero-order chi connectivity index (χ0) is 26.5. The van der Waals surface area contributed by atoms with Gasteiger partial charge in [0, 0.05) is 55.1 Å². The van der Waals surface area contributed by atoms with Crippen molar-refractivity contribution in [3.05, 3.63) is 53.3 Å². The number of fused-ring (bicyclic) bond motifs is 1. The second kappa shape index (κ2) is 11.9. The van der Waals surface area contributed by atoms with E-state index in [-0.39, 0.29) is 30.3 Å². The summed E-state index contributed by atoms with van der Waals surface area (Å²) in [5.74, 6) is -0.0723. The molecule has 2 aromatic heterocycles. The third-order valence-electron chi connectivity index (χ3n) is 6.23. The van der Waals surface area contributed by atoms with Crippen LogP contribution in [-0.2, 0) is 14.3 Å². The van der Waals surface area contributed by atoms with Gasteiger partial charge in [-0.3, -0.25) is 9.78 Å². The van der Waals surface area contributed by atoms with E-state index in [0.29, 0.717) is 44.2 Å². The second-order valence-corrected chi connectivity index (χ2v) is 10.2. The fourth-order valence-corrected chi connectivity index (χ4v) is 5.16. The van der Waals surface area contributed by atoms with Crippen molar-refractivity contribution in [3.8, 4) is 11.5 Å². The number of nitrogens with zero attached hydrogens (tertiary/aromatic N) is 2. The Balaban J connectivity index is 1.24. The number of benzene rings is 1. The number of hydrogen-bond acceptors (Lipinski definition) is 7. The largest absolute Gasteiger partial charge is 0.453 e. The molecule has 38 heavy (non-hydrogen) atoms. The molecule has 9 nitrogen and oxygen atoms in total. The summed E-state index contributed by atoms with van der Waals surface area (Å²) in [6.45, 7) is 2.00. The maximum Gasteiger partial charge on any atom is 0.319 e. The summed E-state index contributed by atoms with van der Waals surface area (Å²) in [5, 5.41) is 5.45. The molecule has 1 saturated carbocycles. The molecule has 2 aliphatic rings. The fourth-order valence-electron chi connectivity index (χ4n) is 4.03. The molecule has 0 unspecified atom stereocenters. The van der Waals surface area contributed by atoms with Gasteiger partial charge in [0.15, 0.2) is 11.6 Å². The van der Waals surface area contributed by atoms with E-state index in [0.717, 1.165) is 33.5 Å². The number of thiophene rings is 1. The number of carbonyl (C=O) groups excluding carboxylic acids is 2. The zero-order valence-electron chi connectivity index (χ0n) is 21.0. The van der Waals surface area contributed by atoms with Gasteiger partial charge in [-0.05, 0) is 43.0 Å². The number of rotatable bonds is 10. The van der Waals surface area contributed by atoms with Gasteiger partial charge in [-0.2, -0.15) is 0 Å². The van der Waals surface area contributed by atoms with E-state index in [1.54, 1.807) is 30.3 Å². The Morgan fingerprint density at radius 3 is 2.79 bits per heavy atom. The quantitative estimate of drug-likeness (QED) is 0.359. The van der Waals surface area contributed by atoms with Crippen molar-refractivity contribution >= 4 is 44.8 Å². The standard InChI is InChI=1S/C27H29FN4O5S/c1-35-12-13-36-16-25(33)32-10-7-17(8-11-32)24-15-21-26(38-24)23(6-9-29-21)37-22-5-4-19(14-20(22)28)31-27(34)30-18-2-3-18/h4-7,9,14-15,18H,2-3,8,10-13,16H2,1H3,(H2,30,31,34). The molecule has 0 bridgehead atoms. The van der Waals surface area contributed by atoms with Gasteiger partial charge in [-0.25, -0.2) is 9.18 Å². The second-order valence-electron chi connectivity index (χ2n) is 9.12. The van der Waals surface area contributed by atoms with Crippen LogP contribution in [0.5, 0.6) is 11.5 Å². The van der Waals surface area contributed by atoms with Crippen molar-refractivity contribution in [1.82, 2.24) is 15.2 Å². The van der Waals surface area contributed by atoms with E-state index in [9.17, 15) is 14.0 Å². The topological polar surface area (TPSA) is 102 Å². The lowest BCUT2D eigenvalue weighted by atomic mass is 10.1. The Morgan fingerprint density at radius 1 is 1.18 bits per heavy atom. The minimum absolute atomic E-state index is 0.0430. The number of anilines is 1. The number of carbonyl (C=O) groups is 2. The van der Waals surface area contributed by atoms with Gasteiger partial charge in [0.05, 0.1) is 23.4 Å². The van der Waals surface area contributed by atoms with Gasteiger partial charge in [-0.1, -0.05) is 6.08 Å².